The summed E-state index contributed by atoms with van der Waals surface area (Å²) in [5.41, 5.74) is 0.454. The third kappa shape index (κ3) is 2.61. The SMILES string of the molecule is CCCOC(=O)c1cc(O)c(OC)c(O)c1C. The largest absolute Gasteiger partial charge is 0.504 e. The molecular formula is C12H16O5. The summed E-state index contributed by atoms with van der Waals surface area (Å²) < 4.78 is 9.76. The Labute approximate surface area is 99.6 Å². The number of esters is 1. The van der Waals surface area contributed by atoms with Crippen molar-refractivity contribution in [3.63, 3.8) is 0 Å². The first-order chi connectivity index (χ1) is 8.02. The van der Waals surface area contributed by atoms with Crippen LogP contribution in [0.5, 0.6) is 17.2 Å². The van der Waals surface area contributed by atoms with Gasteiger partial charge in [0.1, 0.15) is 0 Å². The van der Waals surface area contributed by atoms with E-state index in [9.17, 15) is 15.0 Å². The number of benzene rings is 1. The molecule has 0 atom stereocenters. The lowest BCUT2D eigenvalue weighted by Crippen LogP contribution is -2.08. The van der Waals surface area contributed by atoms with Crippen molar-refractivity contribution in [2.24, 2.45) is 0 Å². The number of rotatable bonds is 4. The maximum absolute atomic E-state index is 11.6. The average molecular weight is 240 g/mol. The molecule has 0 saturated carbocycles. The van der Waals surface area contributed by atoms with Crippen molar-refractivity contribution in [1.29, 1.82) is 0 Å². The first-order valence-electron chi connectivity index (χ1n) is 5.29. The van der Waals surface area contributed by atoms with Gasteiger partial charge in [0.2, 0.25) is 5.75 Å². The van der Waals surface area contributed by atoms with E-state index in [4.69, 9.17) is 9.47 Å². The predicted octanol–water partition coefficient (Wildman–Crippen LogP) is 1.98. The quantitative estimate of drug-likeness (QED) is 0.787. The number of methoxy groups -OCH3 is 1. The molecule has 94 valence electrons. The van der Waals surface area contributed by atoms with E-state index in [-0.39, 0.29) is 22.8 Å². The summed E-state index contributed by atoms with van der Waals surface area (Å²) in [6, 6.07) is 1.23. The highest BCUT2D eigenvalue weighted by molar-refractivity contribution is 5.93. The molecule has 5 heteroatoms. The molecule has 0 amide bonds. The van der Waals surface area contributed by atoms with Crippen LogP contribution in [0.1, 0.15) is 29.3 Å². The van der Waals surface area contributed by atoms with Crippen LogP contribution in [0.15, 0.2) is 6.07 Å². The third-order valence-electron chi connectivity index (χ3n) is 2.35. The van der Waals surface area contributed by atoms with Crippen molar-refractivity contribution >= 4 is 5.97 Å². The minimum atomic E-state index is -0.572. The number of ether oxygens (including phenoxy) is 2. The van der Waals surface area contributed by atoms with Crippen molar-refractivity contribution < 1.29 is 24.5 Å². The first kappa shape index (κ1) is 13.2. The van der Waals surface area contributed by atoms with E-state index in [1.807, 2.05) is 6.92 Å². The van der Waals surface area contributed by atoms with Gasteiger partial charge in [-0.25, -0.2) is 4.79 Å². The summed E-state index contributed by atoms with van der Waals surface area (Å²) in [6.07, 6.45) is 0.707. The van der Waals surface area contributed by atoms with Gasteiger partial charge in [-0.1, -0.05) is 6.92 Å². The molecule has 0 aliphatic carbocycles. The van der Waals surface area contributed by atoms with Crippen molar-refractivity contribution in [2.45, 2.75) is 20.3 Å². The second kappa shape index (κ2) is 5.43. The first-order valence-corrected chi connectivity index (χ1v) is 5.29. The van der Waals surface area contributed by atoms with Crippen LogP contribution >= 0.6 is 0 Å². The van der Waals surface area contributed by atoms with E-state index in [0.717, 1.165) is 0 Å². The predicted molar refractivity (Wildman–Crippen MR) is 61.6 cm³/mol. The number of carbonyl (C=O) groups excluding carboxylic acids is 1. The summed E-state index contributed by atoms with van der Waals surface area (Å²) in [5, 5.41) is 19.3. The molecular weight excluding hydrogens is 224 g/mol. The Morgan fingerprint density at radius 1 is 1.41 bits per heavy atom. The molecule has 1 aromatic rings. The zero-order valence-electron chi connectivity index (χ0n) is 10.1. The highest BCUT2D eigenvalue weighted by Gasteiger charge is 2.20. The fourth-order valence-corrected chi connectivity index (χ4v) is 1.42. The Kier molecular flexibility index (Phi) is 4.20. The third-order valence-corrected chi connectivity index (χ3v) is 2.35. The smallest absolute Gasteiger partial charge is 0.338 e. The molecule has 1 aromatic carbocycles. The Bertz CT molecular complexity index is 425. The number of carbonyl (C=O) groups is 1. The summed E-state index contributed by atoms with van der Waals surface area (Å²) >= 11 is 0. The Hall–Kier alpha value is -1.91. The number of aromatic hydroxyl groups is 2. The van der Waals surface area contributed by atoms with Crippen LogP contribution in [-0.2, 0) is 4.74 Å². The number of phenolic OH excluding ortho intramolecular Hbond substituents is 2. The number of hydrogen-bond acceptors (Lipinski definition) is 5. The molecule has 0 bridgehead atoms. The van der Waals surface area contributed by atoms with Crippen LogP contribution in [-0.4, -0.2) is 29.9 Å². The molecule has 0 heterocycles. The fraction of sp³-hybridized carbons (Fsp3) is 0.417. The van der Waals surface area contributed by atoms with Crippen LogP contribution in [0.25, 0.3) is 0 Å². The van der Waals surface area contributed by atoms with Crippen LogP contribution in [0.3, 0.4) is 0 Å². The summed E-state index contributed by atoms with van der Waals surface area (Å²) in [5.74, 6) is -1.16. The Balaban J connectivity index is 3.14. The van der Waals surface area contributed by atoms with E-state index in [0.29, 0.717) is 18.6 Å². The number of hydrogen-bond donors (Lipinski definition) is 2. The van der Waals surface area contributed by atoms with Gasteiger partial charge in [0, 0.05) is 5.56 Å². The van der Waals surface area contributed by atoms with Gasteiger partial charge in [-0.05, 0) is 19.4 Å². The summed E-state index contributed by atoms with van der Waals surface area (Å²) in [6.45, 7) is 3.73. The number of phenols is 2. The molecule has 0 aliphatic heterocycles. The lowest BCUT2D eigenvalue weighted by atomic mass is 10.1. The maximum atomic E-state index is 11.6. The van der Waals surface area contributed by atoms with Gasteiger partial charge in [-0.15, -0.1) is 0 Å². The highest BCUT2D eigenvalue weighted by atomic mass is 16.5. The van der Waals surface area contributed by atoms with Crippen molar-refractivity contribution in [1.82, 2.24) is 0 Å². The Morgan fingerprint density at radius 3 is 2.59 bits per heavy atom. The maximum Gasteiger partial charge on any atom is 0.338 e. The lowest BCUT2D eigenvalue weighted by Gasteiger charge is -2.12. The van der Waals surface area contributed by atoms with Gasteiger partial charge < -0.3 is 19.7 Å². The van der Waals surface area contributed by atoms with E-state index in [1.165, 1.54) is 13.2 Å². The second-order valence-electron chi connectivity index (χ2n) is 3.59. The molecule has 1 rings (SSSR count). The molecule has 0 aromatic heterocycles. The van der Waals surface area contributed by atoms with E-state index >= 15 is 0 Å². The topological polar surface area (TPSA) is 76.0 Å². The van der Waals surface area contributed by atoms with Crippen LogP contribution in [0.2, 0.25) is 0 Å². The van der Waals surface area contributed by atoms with Crippen LogP contribution in [0.4, 0.5) is 0 Å². The lowest BCUT2D eigenvalue weighted by molar-refractivity contribution is 0.0503. The van der Waals surface area contributed by atoms with Crippen molar-refractivity contribution in [3.05, 3.63) is 17.2 Å². The molecule has 0 aliphatic rings. The van der Waals surface area contributed by atoms with Crippen LogP contribution in [0, 0.1) is 6.92 Å². The van der Waals surface area contributed by atoms with E-state index in [1.54, 1.807) is 6.92 Å². The van der Waals surface area contributed by atoms with E-state index in [2.05, 4.69) is 0 Å². The molecule has 0 saturated heterocycles. The summed E-state index contributed by atoms with van der Waals surface area (Å²) in [4.78, 5) is 11.6. The monoisotopic (exact) mass is 240 g/mol. The molecule has 0 radical (unpaired) electrons. The van der Waals surface area contributed by atoms with E-state index < -0.39 is 5.97 Å². The Morgan fingerprint density at radius 2 is 2.06 bits per heavy atom. The summed E-state index contributed by atoms with van der Waals surface area (Å²) in [7, 11) is 1.32. The minimum absolute atomic E-state index is 0.0467. The standard InChI is InChI=1S/C12H16O5/c1-4-5-17-12(15)8-6-9(13)11(16-3)10(14)7(8)2/h6,13-14H,4-5H2,1-3H3. The van der Waals surface area contributed by atoms with Gasteiger partial charge in [0.15, 0.2) is 11.5 Å². The average Bonchev–Trinajstić information content (AvgIpc) is 2.31. The molecule has 17 heavy (non-hydrogen) atoms. The zero-order valence-corrected chi connectivity index (χ0v) is 10.1. The molecule has 0 fully saturated rings. The zero-order chi connectivity index (χ0) is 13.0. The second-order valence-corrected chi connectivity index (χ2v) is 3.59. The molecule has 0 unspecified atom stereocenters. The van der Waals surface area contributed by atoms with Crippen LogP contribution < -0.4 is 4.74 Å². The minimum Gasteiger partial charge on any atom is -0.504 e. The van der Waals surface area contributed by atoms with Gasteiger partial charge >= 0.3 is 5.97 Å². The van der Waals surface area contributed by atoms with Crippen molar-refractivity contribution in [2.75, 3.05) is 13.7 Å². The van der Waals surface area contributed by atoms with Gasteiger partial charge in [-0.3, -0.25) is 0 Å². The van der Waals surface area contributed by atoms with Gasteiger partial charge in [-0.2, -0.15) is 0 Å². The van der Waals surface area contributed by atoms with Gasteiger partial charge in [0.25, 0.3) is 0 Å². The van der Waals surface area contributed by atoms with Gasteiger partial charge in [0.05, 0.1) is 19.3 Å². The molecule has 0 spiro atoms. The highest BCUT2D eigenvalue weighted by Crippen LogP contribution is 2.40. The molecule has 5 nitrogen and oxygen atoms in total. The van der Waals surface area contributed by atoms with Crippen molar-refractivity contribution in [3.8, 4) is 17.2 Å². The normalized spacial score (nSPS) is 10.1. The fourth-order valence-electron chi connectivity index (χ4n) is 1.42. The molecule has 2 N–H and O–H groups in total.